The monoisotopic (exact) mass is 464 g/mol. The van der Waals surface area contributed by atoms with Crippen LogP contribution >= 0.6 is 0 Å². The molecule has 1 saturated heterocycles. The summed E-state index contributed by atoms with van der Waals surface area (Å²) in [5, 5.41) is 14.4. The first-order valence-corrected chi connectivity index (χ1v) is 12.0. The molecule has 1 amide bonds. The van der Waals surface area contributed by atoms with Gasteiger partial charge < -0.3 is 9.80 Å². The van der Waals surface area contributed by atoms with Crippen LogP contribution in [0.25, 0.3) is 22.3 Å². The molecule has 1 aliphatic heterocycles. The molecular weight excluding hydrogens is 436 g/mol. The lowest BCUT2D eigenvalue weighted by Gasteiger charge is -2.24. The van der Waals surface area contributed by atoms with Gasteiger partial charge in [-0.05, 0) is 50.6 Å². The van der Waals surface area contributed by atoms with Gasteiger partial charge in [-0.2, -0.15) is 10.4 Å². The van der Waals surface area contributed by atoms with Crippen molar-refractivity contribution in [1.29, 1.82) is 5.26 Å². The number of nitrogens with zero attached hydrogens (tertiary/aromatic N) is 6. The van der Waals surface area contributed by atoms with Crippen LogP contribution in [0.4, 0.5) is 5.69 Å². The van der Waals surface area contributed by atoms with Gasteiger partial charge in [-0.15, -0.1) is 0 Å². The van der Waals surface area contributed by atoms with Gasteiger partial charge in [0, 0.05) is 43.5 Å². The Morgan fingerprint density at radius 1 is 1.00 bits per heavy atom. The minimum atomic E-state index is 0.0135. The largest absolute Gasteiger partial charge is 0.370 e. The fourth-order valence-electron chi connectivity index (χ4n) is 4.63. The maximum Gasteiger partial charge on any atom is 0.254 e. The Kier molecular flexibility index (Phi) is 6.19. The minimum Gasteiger partial charge on any atom is -0.370 e. The van der Waals surface area contributed by atoms with Crippen molar-refractivity contribution in [3.63, 3.8) is 0 Å². The number of pyridine rings is 1. The second-order valence-corrected chi connectivity index (χ2v) is 9.13. The molecule has 3 heterocycles. The lowest BCUT2D eigenvalue weighted by atomic mass is 10.1. The summed E-state index contributed by atoms with van der Waals surface area (Å²) in [5.74, 6) is 0.0135. The summed E-state index contributed by atoms with van der Waals surface area (Å²) >= 11 is 0. The van der Waals surface area contributed by atoms with Crippen LogP contribution in [0.15, 0.2) is 66.9 Å². The van der Waals surface area contributed by atoms with E-state index in [1.165, 1.54) is 0 Å². The molecule has 0 spiro atoms. The summed E-state index contributed by atoms with van der Waals surface area (Å²) in [6.07, 6.45) is 2.64. The van der Waals surface area contributed by atoms with E-state index in [-0.39, 0.29) is 11.9 Å². The number of rotatable bonds is 4. The van der Waals surface area contributed by atoms with E-state index >= 15 is 0 Å². The first-order chi connectivity index (χ1) is 17.0. The van der Waals surface area contributed by atoms with Gasteiger partial charge in [-0.3, -0.25) is 4.79 Å². The molecule has 7 heteroatoms. The van der Waals surface area contributed by atoms with Crippen molar-refractivity contribution >= 4 is 22.6 Å². The van der Waals surface area contributed by atoms with E-state index in [9.17, 15) is 4.79 Å². The molecule has 0 radical (unpaired) electrons. The molecule has 1 fully saturated rings. The van der Waals surface area contributed by atoms with E-state index in [4.69, 9.17) is 10.2 Å². The van der Waals surface area contributed by atoms with E-state index < -0.39 is 0 Å². The summed E-state index contributed by atoms with van der Waals surface area (Å²) in [4.78, 5) is 23.0. The highest BCUT2D eigenvalue weighted by molar-refractivity contribution is 6.06. The van der Waals surface area contributed by atoms with Crippen molar-refractivity contribution < 1.29 is 4.79 Å². The predicted molar refractivity (Wildman–Crippen MR) is 137 cm³/mol. The van der Waals surface area contributed by atoms with Gasteiger partial charge in [0.25, 0.3) is 5.91 Å². The second-order valence-electron chi connectivity index (χ2n) is 9.13. The van der Waals surface area contributed by atoms with Crippen molar-refractivity contribution in [2.75, 3.05) is 31.1 Å². The average molecular weight is 465 g/mol. The summed E-state index contributed by atoms with van der Waals surface area (Å²) in [6.45, 7) is 7.05. The number of carbonyl (C=O) groups excluding carboxylic acids is 1. The number of anilines is 1. The number of hydrogen-bond donors (Lipinski definition) is 0. The SMILES string of the molecule is CC(C)n1ncc2c(C(=O)N3CCCN(c4ccc(C#N)cc4)CC3)cc(-c3ccccc3)nc21. The number of fused-ring (bicyclic) bond motifs is 1. The third-order valence-electron chi connectivity index (χ3n) is 6.50. The lowest BCUT2D eigenvalue weighted by molar-refractivity contribution is 0.0769. The van der Waals surface area contributed by atoms with Gasteiger partial charge in [0.05, 0.1) is 34.5 Å². The summed E-state index contributed by atoms with van der Waals surface area (Å²) in [5.41, 5.74) is 4.86. The Morgan fingerprint density at radius 2 is 1.77 bits per heavy atom. The molecule has 2 aromatic heterocycles. The fourth-order valence-corrected chi connectivity index (χ4v) is 4.63. The normalized spacial score (nSPS) is 14.2. The van der Waals surface area contributed by atoms with Gasteiger partial charge in [0.2, 0.25) is 0 Å². The van der Waals surface area contributed by atoms with Crippen LogP contribution in [0.2, 0.25) is 0 Å². The van der Waals surface area contributed by atoms with Gasteiger partial charge >= 0.3 is 0 Å². The Bertz CT molecular complexity index is 1380. The Hall–Kier alpha value is -4.18. The van der Waals surface area contributed by atoms with Crippen molar-refractivity contribution in [1.82, 2.24) is 19.7 Å². The van der Waals surface area contributed by atoms with Gasteiger partial charge in [0.15, 0.2) is 5.65 Å². The van der Waals surface area contributed by atoms with Crippen LogP contribution in [0, 0.1) is 11.3 Å². The summed E-state index contributed by atoms with van der Waals surface area (Å²) < 4.78 is 1.88. The Labute approximate surface area is 205 Å². The van der Waals surface area contributed by atoms with Crippen LogP contribution in [-0.4, -0.2) is 51.8 Å². The molecule has 7 nitrogen and oxygen atoms in total. The zero-order valence-corrected chi connectivity index (χ0v) is 20.1. The van der Waals surface area contributed by atoms with E-state index in [1.54, 1.807) is 6.20 Å². The van der Waals surface area contributed by atoms with Crippen LogP contribution < -0.4 is 4.90 Å². The molecule has 176 valence electrons. The minimum absolute atomic E-state index is 0.0135. The second kappa shape index (κ2) is 9.59. The van der Waals surface area contributed by atoms with Crippen LogP contribution in [0.3, 0.4) is 0 Å². The third kappa shape index (κ3) is 4.47. The molecule has 0 N–H and O–H groups in total. The fraction of sp³-hybridized carbons (Fsp3) is 0.286. The Balaban J connectivity index is 1.46. The molecule has 5 rings (SSSR count). The van der Waals surface area contributed by atoms with Crippen molar-refractivity contribution in [2.24, 2.45) is 0 Å². The quantitative estimate of drug-likeness (QED) is 0.429. The molecule has 2 aromatic carbocycles. The van der Waals surface area contributed by atoms with Gasteiger partial charge in [0.1, 0.15) is 0 Å². The topological polar surface area (TPSA) is 78.0 Å². The molecule has 0 atom stereocenters. The molecular formula is C28H28N6O. The van der Waals surface area contributed by atoms with Crippen molar-refractivity contribution in [3.8, 4) is 17.3 Å². The van der Waals surface area contributed by atoms with E-state index in [0.717, 1.165) is 47.5 Å². The van der Waals surface area contributed by atoms with Crippen LogP contribution in [0.1, 0.15) is 42.2 Å². The first kappa shape index (κ1) is 22.6. The molecule has 1 aliphatic rings. The van der Waals surface area contributed by atoms with Crippen LogP contribution in [0.5, 0.6) is 0 Å². The average Bonchev–Trinajstić information content (AvgIpc) is 3.18. The van der Waals surface area contributed by atoms with Crippen LogP contribution in [-0.2, 0) is 0 Å². The first-order valence-electron chi connectivity index (χ1n) is 12.0. The predicted octanol–water partition coefficient (Wildman–Crippen LogP) is 4.90. The van der Waals surface area contributed by atoms with E-state index in [2.05, 4.69) is 29.9 Å². The van der Waals surface area contributed by atoms with Crippen molar-refractivity contribution in [3.05, 3.63) is 78.0 Å². The smallest absolute Gasteiger partial charge is 0.254 e. The standard InChI is InChI=1S/C28H28N6O/c1-20(2)34-27-25(19-30-34)24(17-26(31-27)22-7-4-3-5-8-22)28(35)33-14-6-13-32(15-16-33)23-11-9-21(18-29)10-12-23/h3-5,7-12,17,19-20H,6,13-16H2,1-2H3. The summed E-state index contributed by atoms with van der Waals surface area (Å²) in [6, 6.07) is 21.8. The number of amides is 1. The molecule has 0 unspecified atom stereocenters. The highest BCUT2D eigenvalue weighted by atomic mass is 16.2. The maximum atomic E-state index is 13.9. The number of nitriles is 1. The highest BCUT2D eigenvalue weighted by Gasteiger charge is 2.25. The summed E-state index contributed by atoms with van der Waals surface area (Å²) in [7, 11) is 0. The molecule has 0 aliphatic carbocycles. The molecule has 4 aromatic rings. The zero-order valence-electron chi connectivity index (χ0n) is 20.1. The number of hydrogen-bond acceptors (Lipinski definition) is 5. The van der Waals surface area contributed by atoms with Gasteiger partial charge in [-0.25, -0.2) is 9.67 Å². The lowest BCUT2D eigenvalue weighted by Crippen LogP contribution is -2.35. The van der Waals surface area contributed by atoms with Gasteiger partial charge in [-0.1, -0.05) is 30.3 Å². The van der Waals surface area contributed by atoms with Crippen molar-refractivity contribution in [2.45, 2.75) is 26.3 Å². The highest BCUT2D eigenvalue weighted by Crippen LogP contribution is 2.28. The zero-order chi connectivity index (χ0) is 24.4. The van der Waals surface area contributed by atoms with E-state index in [0.29, 0.717) is 24.2 Å². The maximum absolute atomic E-state index is 13.9. The number of aromatic nitrogens is 3. The Morgan fingerprint density at radius 3 is 2.49 bits per heavy atom. The number of carbonyl (C=O) groups is 1. The molecule has 0 bridgehead atoms. The third-order valence-corrected chi connectivity index (χ3v) is 6.50. The molecule has 0 saturated carbocycles. The van der Waals surface area contributed by atoms with E-state index in [1.807, 2.05) is 70.2 Å². The number of benzene rings is 2. The molecule has 35 heavy (non-hydrogen) atoms.